The molecule has 2 aromatic heterocycles. The van der Waals surface area contributed by atoms with Crippen LogP contribution >= 0.6 is 11.8 Å². The third-order valence-electron chi connectivity index (χ3n) is 2.91. The Hall–Kier alpha value is -1.92. The Morgan fingerprint density at radius 3 is 2.90 bits per heavy atom. The fourth-order valence-electron chi connectivity index (χ4n) is 1.93. The molecule has 0 spiro atoms. The van der Waals surface area contributed by atoms with E-state index in [1.165, 1.54) is 23.9 Å². The number of aliphatic hydroxyl groups excluding tert-OH is 1. The van der Waals surface area contributed by atoms with Gasteiger partial charge in [-0.3, -0.25) is 4.40 Å². The molecular weight excluding hydrogens is 277 g/mol. The molecule has 0 aliphatic carbocycles. The fourth-order valence-corrected chi connectivity index (χ4v) is 2.94. The van der Waals surface area contributed by atoms with Crippen molar-refractivity contribution in [3.05, 3.63) is 54.0 Å². The van der Waals surface area contributed by atoms with E-state index in [9.17, 15) is 9.50 Å². The van der Waals surface area contributed by atoms with E-state index in [1.807, 2.05) is 28.8 Å². The van der Waals surface area contributed by atoms with E-state index in [2.05, 4.69) is 10.2 Å². The van der Waals surface area contributed by atoms with Gasteiger partial charge in [0.05, 0.1) is 6.10 Å². The fraction of sp³-hybridized carbons (Fsp3) is 0.143. The van der Waals surface area contributed by atoms with Crippen LogP contribution in [0.1, 0.15) is 18.6 Å². The van der Waals surface area contributed by atoms with Crippen LogP contribution in [0.4, 0.5) is 4.39 Å². The van der Waals surface area contributed by atoms with Gasteiger partial charge < -0.3 is 5.11 Å². The van der Waals surface area contributed by atoms with Crippen LogP contribution in [0, 0.1) is 5.82 Å². The third-order valence-corrected chi connectivity index (χ3v) is 3.96. The van der Waals surface area contributed by atoms with E-state index in [1.54, 1.807) is 13.0 Å². The number of fused-ring (bicyclic) bond motifs is 1. The summed E-state index contributed by atoms with van der Waals surface area (Å²) in [6, 6.07) is 10.00. The van der Waals surface area contributed by atoms with Crippen molar-refractivity contribution in [2.45, 2.75) is 23.1 Å². The van der Waals surface area contributed by atoms with E-state index in [-0.39, 0.29) is 5.82 Å². The van der Waals surface area contributed by atoms with Crippen molar-refractivity contribution in [3.63, 3.8) is 0 Å². The summed E-state index contributed by atoms with van der Waals surface area (Å²) >= 11 is 1.35. The van der Waals surface area contributed by atoms with Crippen LogP contribution in [0.15, 0.2) is 52.6 Å². The molecular formula is C14H12FN3OS. The summed E-state index contributed by atoms with van der Waals surface area (Å²) in [5.74, 6) is -0.364. The summed E-state index contributed by atoms with van der Waals surface area (Å²) in [6.07, 6.45) is 1.12. The number of aromatic nitrogens is 3. The Balaban J connectivity index is 2.03. The number of nitrogens with zero attached hydrogens (tertiary/aromatic N) is 3. The minimum absolute atomic E-state index is 0.364. The Kier molecular flexibility index (Phi) is 3.42. The normalized spacial score (nSPS) is 12.8. The van der Waals surface area contributed by atoms with Crippen LogP contribution in [0.3, 0.4) is 0 Å². The van der Waals surface area contributed by atoms with E-state index >= 15 is 0 Å². The molecule has 1 N–H and O–H groups in total. The second kappa shape index (κ2) is 5.22. The largest absolute Gasteiger partial charge is 0.389 e. The average Bonchev–Trinajstić information content (AvgIpc) is 2.84. The second-order valence-electron chi connectivity index (χ2n) is 4.37. The molecule has 6 heteroatoms. The summed E-state index contributed by atoms with van der Waals surface area (Å²) in [6.45, 7) is 1.61. The summed E-state index contributed by atoms with van der Waals surface area (Å²) in [7, 11) is 0. The predicted molar refractivity (Wildman–Crippen MR) is 74.1 cm³/mol. The Morgan fingerprint density at radius 1 is 1.25 bits per heavy atom. The van der Waals surface area contributed by atoms with Gasteiger partial charge in [0, 0.05) is 11.1 Å². The molecule has 3 rings (SSSR count). The van der Waals surface area contributed by atoms with Gasteiger partial charge in [0.15, 0.2) is 10.8 Å². The van der Waals surface area contributed by atoms with Gasteiger partial charge in [-0.15, -0.1) is 10.2 Å². The number of hydrogen-bond acceptors (Lipinski definition) is 4. The van der Waals surface area contributed by atoms with Crippen molar-refractivity contribution in [1.82, 2.24) is 14.6 Å². The van der Waals surface area contributed by atoms with Crippen LogP contribution in [0.25, 0.3) is 5.65 Å². The van der Waals surface area contributed by atoms with Gasteiger partial charge in [-0.2, -0.15) is 0 Å². The van der Waals surface area contributed by atoms with Crippen molar-refractivity contribution in [2.24, 2.45) is 0 Å². The minimum Gasteiger partial charge on any atom is -0.389 e. The molecule has 2 heterocycles. The first kappa shape index (κ1) is 13.1. The molecule has 0 aliphatic rings. The second-order valence-corrected chi connectivity index (χ2v) is 5.38. The molecule has 1 atom stereocenters. The molecule has 0 unspecified atom stereocenters. The highest BCUT2D eigenvalue weighted by Crippen LogP contribution is 2.32. The predicted octanol–water partition coefficient (Wildman–Crippen LogP) is 3.07. The number of benzene rings is 1. The topological polar surface area (TPSA) is 50.4 Å². The average molecular weight is 289 g/mol. The lowest BCUT2D eigenvalue weighted by Crippen LogP contribution is -1.96. The first-order valence-electron chi connectivity index (χ1n) is 6.10. The van der Waals surface area contributed by atoms with Crippen LogP contribution < -0.4 is 0 Å². The zero-order valence-electron chi connectivity index (χ0n) is 10.7. The van der Waals surface area contributed by atoms with E-state index < -0.39 is 6.10 Å². The molecule has 1 aromatic carbocycles. The number of aliphatic hydroxyl groups is 1. The molecule has 0 fully saturated rings. The molecule has 3 aromatic rings. The van der Waals surface area contributed by atoms with Crippen molar-refractivity contribution >= 4 is 17.4 Å². The maximum Gasteiger partial charge on any atom is 0.200 e. The van der Waals surface area contributed by atoms with E-state index in [0.717, 1.165) is 10.5 Å². The highest BCUT2D eigenvalue weighted by atomic mass is 32.2. The maximum absolute atomic E-state index is 13.3. The number of pyridine rings is 1. The van der Waals surface area contributed by atoms with Gasteiger partial charge in [0.25, 0.3) is 0 Å². The van der Waals surface area contributed by atoms with Crippen LogP contribution in [-0.4, -0.2) is 19.7 Å². The van der Waals surface area contributed by atoms with E-state index in [4.69, 9.17) is 0 Å². The van der Waals surface area contributed by atoms with Crippen LogP contribution in [0.2, 0.25) is 0 Å². The smallest absolute Gasteiger partial charge is 0.200 e. The molecule has 0 amide bonds. The maximum atomic E-state index is 13.3. The summed E-state index contributed by atoms with van der Waals surface area (Å²) in [5.41, 5.74) is 1.29. The minimum atomic E-state index is -0.743. The van der Waals surface area contributed by atoms with Gasteiger partial charge in [-0.25, -0.2) is 4.39 Å². The summed E-state index contributed by atoms with van der Waals surface area (Å²) in [5, 5.41) is 18.6. The molecule has 0 saturated carbocycles. The number of rotatable bonds is 3. The third kappa shape index (κ3) is 2.39. The van der Waals surface area contributed by atoms with Crippen molar-refractivity contribution < 1.29 is 9.50 Å². The van der Waals surface area contributed by atoms with E-state index in [0.29, 0.717) is 10.7 Å². The highest BCUT2D eigenvalue weighted by molar-refractivity contribution is 7.99. The monoisotopic (exact) mass is 289 g/mol. The van der Waals surface area contributed by atoms with Gasteiger partial charge in [0.2, 0.25) is 0 Å². The Bertz CT molecular complexity index is 757. The zero-order chi connectivity index (χ0) is 14.1. The SMILES string of the molecule is C[C@@H](O)c1cc(F)ccc1Sc1nnc2ccccn12. The Morgan fingerprint density at radius 2 is 2.10 bits per heavy atom. The molecule has 20 heavy (non-hydrogen) atoms. The zero-order valence-corrected chi connectivity index (χ0v) is 11.5. The van der Waals surface area contributed by atoms with Gasteiger partial charge in [-0.1, -0.05) is 6.07 Å². The van der Waals surface area contributed by atoms with Crippen molar-refractivity contribution in [2.75, 3.05) is 0 Å². The Labute approximate surface area is 119 Å². The van der Waals surface area contributed by atoms with Gasteiger partial charge in [-0.05, 0) is 54.6 Å². The van der Waals surface area contributed by atoms with Crippen molar-refractivity contribution in [3.8, 4) is 0 Å². The lowest BCUT2D eigenvalue weighted by molar-refractivity contribution is 0.196. The lowest BCUT2D eigenvalue weighted by atomic mass is 10.1. The number of halogens is 1. The van der Waals surface area contributed by atoms with Crippen LogP contribution in [0.5, 0.6) is 0 Å². The first-order valence-corrected chi connectivity index (χ1v) is 6.92. The summed E-state index contributed by atoms with van der Waals surface area (Å²) in [4.78, 5) is 0.763. The van der Waals surface area contributed by atoms with Crippen molar-refractivity contribution in [1.29, 1.82) is 0 Å². The standard InChI is InChI=1S/C14H12FN3OS/c1-9(19)11-8-10(15)5-6-12(11)20-14-17-16-13-4-2-3-7-18(13)14/h2-9,19H,1H3/t9-/m1/s1. The lowest BCUT2D eigenvalue weighted by Gasteiger charge is -2.10. The molecule has 4 nitrogen and oxygen atoms in total. The molecule has 0 aliphatic heterocycles. The van der Waals surface area contributed by atoms with Gasteiger partial charge in [0.1, 0.15) is 5.82 Å². The van der Waals surface area contributed by atoms with Crippen LogP contribution in [-0.2, 0) is 0 Å². The molecule has 0 saturated heterocycles. The summed E-state index contributed by atoms with van der Waals surface area (Å²) < 4.78 is 15.1. The highest BCUT2D eigenvalue weighted by Gasteiger charge is 2.13. The van der Waals surface area contributed by atoms with Gasteiger partial charge >= 0.3 is 0 Å². The molecule has 0 bridgehead atoms. The number of hydrogen-bond donors (Lipinski definition) is 1. The quantitative estimate of drug-likeness (QED) is 0.805. The molecule has 0 radical (unpaired) electrons. The first-order chi connectivity index (χ1) is 9.65. The molecule has 102 valence electrons.